The summed E-state index contributed by atoms with van der Waals surface area (Å²) in [6.07, 6.45) is 3.26. The first kappa shape index (κ1) is 15.6. The van der Waals surface area contributed by atoms with Gasteiger partial charge in [0.15, 0.2) is 5.78 Å². The van der Waals surface area contributed by atoms with Crippen LogP contribution in [0, 0.1) is 6.92 Å². The zero-order valence-electron chi connectivity index (χ0n) is 12.7. The molecule has 1 amide bonds. The second-order valence-corrected chi connectivity index (χ2v) is 6.01. The topological polar surface area (TPSA) is 89.5 Å². The lowest BCUT2D eigenvalue weighted by atomic mass is 9.99. The molecular weight excluding hydrogens is 316 g/mol. The third-order valence-electron chi connectivity index (χ3n) is 4.22. The van der Waals surface area contributed by atoms with Crippen LogP contribution in [-0.4, -0.2) is 22.6 Å². The van der Waals surface area contributed by atoms with E-state index >= 15 is 0 Å². The molecule has 23 heavy (non-hydrogen) atoms. The monoisotopic (exact) mass is 332 g/mol. The molecule has 1 aromatic heterocycles. The molecule has 0 aliphatic carbocycles. The van der Waals surface area contributed by atoms with Crippen LogP contribution < -0.4 is 11.2 Å². The quantitative estimate of drug-likeness (QED) is 0.383. The van der Waals surface area contributed by atoms with Crippen LogP contribution in [0.2, 0.25) is 5.02 Å². The molecule has 7 heteroatoms. The molecule has 0 atom stereocenters. The first-order valence-electron chi connectivity index (χ1n) is 7.42. The van der Waals surface area contributed by atoms with E-state index in [0.717, 1.165) is 35.6 Å². The molecule has 0 radical (unpaired) electrons. The van der Waals surface area contributed by atoms with Gasteiger partial charge >= 0.3 is 0 Å². The van der Waals surface area contributed by atoms with Crippen LogP contribution in [-0.2, 0) is 6.54 Å². The number of rotatable bonds is 2. The molecule has 2 aromatic rings. The number of carbonyl (C=O) groups excluding carboxylic acids is 2. The lowest BCUT2D eigenvalue weighted by Gasteiger charge is -2.16. The normalized spacial score (nSPS) is 15.0. The molecule has 6 nitrogen and oxygen atoms in total. The van der Waals surface area contributed by atoms with Gasteiger partial charge in [0.25, 0.3) is 5.91 Å². The number of carbonyl (C=O) groups is 2. The minimum Gasteiger partial charge on any atom is -0.336 e. The van der Waals surface area contributed by atoms with Gasteiger partial charge < -0.3 is 15.7 Å². The zero-order chi connectivity index (χ0) is 16.6. The highest BCUT2D eigenvalue weighted by Gasteiger charge is 2.24. The SMILES string of the molecule is Cc1c(Cl)cc2c3c1cc(C(=O)NC=NN)n3CCCCC2=O. The van der Waals surface area contributed by atoms with Crippen LogP contribution in [0.25, 0.3) is 10.9 Å². The van der Waals surface area contributed by atoms with E-state index in [0.29, 0.717) is 29.2 Å². The van der Waals surface area contributed by atoms with E-state index in [1.807, 2.05) is 11.5 Å². The lowest BCUT2D eigenvalue weighted by Crippen LogP contribution is -2.25. The Morgan fingerprint density at radius 3 is 2.96 bits per heavy atom. The van der Waals surface area contributed by atoms with Gasteiger partial charge in [-0.2, -0.15) is 5.10 Å². The van der Waals surface area contributed by atoms with Gasteiger partial charge in [0, 0.05) is 28.9 Å². The Hall–Kier alpha value is -2.34. The van der Waals surface area contributed by atoms with Crippen molar-refractivity contribution in [1.82, 2.24) is 9.88 Å². The van der Waals surface area contributed by atoms with Gasteiger partial charge in [-0.1, -0.05) is 11.6 Å². The molecule has 2 heterocycles. The maximum absolute atomic E-state index is 12.4. The van der Waals surface area contributed by atoms with Crippen molar-refractivity contribution < 1.29 is 9.59 Å². The number of halogens is 1. The Kier molecular flexibility index (Phi) is 4.09. The fraction of sp³-hybridized carbons (Fsp3) is 0.312. The maximum atomic E-state index is 12.4. The van der Waals surface area contributed by atoms with E-state index in [-0.39, 0.29) is 11.7 Å². The number of nitrogens with zero attached hydrogens (tertiary/aromatic N) is 2. The largest absolute Gasteiger partial charge is 0.336 e. The van der Waals surface area contributed by atoms with E-state index in [1.54, 1.807) is 12.1 Å². The number of benzene rings is 1. The molecule has 0 unspecified atom stereocenters. The van der Waals surface area contributed by atoms with Gasteiger partial charge in [0.1, 0.15) is 12.0 Å². The van der Waals surface area contributed by atoms with Gasteiger partial charge in [-0.15, -0.1) is 0 Å². The number of amides is 1. The molecular formula is C16H17ClN4O2. The maximum Gasteiger partial charge on any atom is 0.273 e. The van der Waals surface area contributed by atoms with Crippen molar-refractivity contribution in [1.29, 1.82) is 0 Å². The summed E-state index contributed by atoms with van der Waals surface area (Å²) in [5.41, 5.74) is 2.70. The number of hydrogen-bond donors (Lipinski definition) is 2. The van der Waals surface area contributed by atoms with Crippen LogP contribution in [0.15, 0.2) is 17.2 Å². The predicted molar refractivity (Wildman–Crippen MR) is 90.0 cm³/mol. The number of hydrazone groups is 1. The third-order valence-corrected chi connectivity index (χ3v) is 4.62. The number of ketones is 1. The Labute approximate surface area is 138 Å². The summed E-state index contributed by atoms with van der Waals surface area (Å²) >= 11 is 6.28. The van der Waals surface area contributed by atoms with Crippen molar-refractivity contribution in [2.24, 2.45) is 10.9 Å². The highest BCUT2D eigenvalue weighted by Crippen LogP contribution is 2.34. The summed E-state index contributed by atoms with van der Waals surface area (Å²) in [4.78, 5) is 24.8. The van der Waals surface area contributed by atoms with E-state index in [4.69, 9.17) is 17.4 Å². The number of aryl methyl sites for hydroxylation is 2. The van der Waals surface area contributed by atoms with Crippen LogP contribution in [0.1, 0.15) is 45.7 Å². The fourth-order valence-electron chi connectivity index (χ4n) is 3.05. The molecule has 120 valence electrons. The lowest BCUT2D eigenvalue weighted by molar-refractivity contribution is 0.0958. The molecule has 0 spiro atoms. The standard InChI is InChI=1S/C16H17ClN4O2/c1-9-10-7-13(16(23)19-8-20-18)21-5-3-2-4-14(22)11(15(10)21)6-12(9)17/h6-8H,2-5,18H2,1H3,(H,19,20,23). The van der Waals surface area contributed by atoms with Gasteiger partial charge in [-0.3, -0.25) is 9.59 Å². The van der Waals surface area contributed by atoms with Gasteiger partial charge in [-0.25, -0.2) is 0 Å². The smallest absolute Gasteiger partial charge is 0.273 e. The first-order chi connectivity index (χ1) is 11.0. The van der Waals surface area contributed by atoms with E-state index < -0.39 is 0 Å². The predicted octanol–water partition coefficient (Wildman–Crippen LogP) is 2.60. The Balaban J connectivity index is 2.30. The Bertz CT molecular complexity index is 838. The van der Waals surface area contributed by atoms with Crippen molar-refractivity contribution in [3.8, 4) is 0 Å². The molecule has 0 fully saturated rings. The molecule has 1 aromatic carbocycles. The van der Waals surface area contributed by atoms with Crippen LogP contribution in [0.3, 0.4) is 0 Å². The van der Waals surface area contributed by atoms with Crippen molar-refractivity contribution in [3.63, 3.8) is 0 Å². The molecule has 3 N–H and O–H groups in total. The van der Waals surface area contributed by atoms with Crippen LogP contribution >= 0.6 is 11.6 Å². The molecule has 3 rings (SSSR count). The molecule has 0 saturated heterocycles. The summed E-state index contributed by atoms with van der Waals surface area (Å²) < 4.78 is 1.89. The van der Waals surface area contributed by atoms with Crippen molar-refractivity contribution in [2.75, 3.05) is 0 Å². The summed E-state index contributed by atoms with van der Waals surface area (Å²) in [5, 5.41) is 7.16. The zero-order valence-corrected chi connectivity index (χ0v) is 13.5. The van der Waals surface area contributed by atoms with E-state index in [1.165, 1.54) is 0 Å². The fourth-order valence-corrected chi connectivity index (χ4v) is 3.26. The third kappa shape index (κ3) is 2.59. The average Bonchev–Trinajstić information content (AvgIpc) is 2.90. The summed E-state index contributed by atoms with van der Waals surface area (Å²) in [7, 11) is 0. The molecule has 1 aliphatic heterocycles. The summed E-state index contributed by atoms with van der Waals surface area (Å²) in [6, 6.07) is 3.49. The average molecular weight is 333 g/mol. The van der Waals surface area contributed by atoms with Crippen molar-refractivity contribution >= 4 is 40.5 Å². The second-order valence-electron chi connectivity index (χ2n) is 5.61. The number of Topliss-reactive ketones (excluding diaryl/α,β-unsaturated/α-hetero) is 1. The van der Waals surface area contributed by atoms with E-state index in [2.05, 4.69) is 10.4 Å². The van der Waals surface area contributed by atoms with Crippen molar-refractivity contribution in [3.05, 3.63) is 34.0 Å². The number of hydrogen-bond acceptors (Lipinski definition) is 4. The van der Waals surface area contributed by atoms with Gasteiger partial charge in [0.05, 0.1) is 5.52 Å². The first-order valence-corrected chi connectivity index (χ1v) is 7.80. The van der Waals surface area contributed by atoms with Crippen LogP contribution in [0.4, 0.5) is 0 Å². The van der Waals surface area contributed by atoms with Crippen LogP contribution in [0.5, 0.6) is 0 Å². The second kappa shape index (κ2) is 6.04. The van der Waals surface area contributed by atoms with Gasteiger partial charge in [-0.05, 0) is 37.5 Å². The van der Waals surface area contributed by atoms with E-state index in [9.17, 15) is 9.59 Å². The summed E-state index contributed by atoms with van der Waals surface area (Å²) in [6.45, 7) is 2.56. The minimum atomic E-state index is -0.315. The molecule has 0 bridgehead atoms. The number of aromatic nitrogens is 1. The van der Waals surface area contributed by atoms with Gasteiger partial charge in [0.2, 0.25) is 0 Å². The molecule has 1 aliphatic rings. The number of nitrogens with one attached hydrogen (secondary N) is 1. The Morgan fingerprint density at radius 2 is 2.22 bits per heavy atom. The van der Waals surface area contributed by atoms with Crippen molar-refractivity contribution in [2.45, 2.75) is 32.7 Å². The molecule has 0 saturated carbocycles. The number of nitrogens with two attached hydrogens (primary N) is 1. The minimum absolute atomic E-state index is 0.0615. The Morgan fingerprint density at radius 1 is 1.43 bits per heavy atom. The summed E-state index contributed by atoms with van der Waals surface area (Å²) in [5.74, 6) is 4.78. The highest BCUT2D eigenvalue weighted by molar-refractivity contribution is 6.33. The highest BCUT2D eigenvalue weighted by atomic mass is 35.5.